The van der Waals surface area contributed by atoms with E-state index < -0.39 is 0 Å². The quantitative estimate of drug-likeness (QED) is 0.321. The first-order chi connectivity index (χ1) is 10.3. The molecule has 0 aromatic rings. The summed E-state index contributed by atoms with van der Waals surface area (Å²) in [6.45, 7) is 22.4. The van der Waals surface area contributed by atoms with Gasteiger partial charge in [0.15, 0.2) is 0 Å². The van der Waals surface area contributed by atoms with Gasteiger partial charge >= 0.3 is 0 Å². The van der Waals surface area contributed by atoms with Gasteiger partial charge in [0.2, 0.25) is 0 Å². The Morgan fingerprint density at radius 2 is 0.952 bits per heavy atom. The second-order valence-corrected chi connectivity index (χ2v) is 4.99. The van der Waals surface area contributed by atoms with E-state index >= 15 is 0 Å². The molecular formula is C18H32N2O. The monoisotopic (exact) mass is 292 g/mol. The van der Waals surface area contributed by atoms with Gasteiger partial charge in [-0.3, -0.25) is 9.80 Å². The molecule has 0 amide bonds. The molecule has 0 aromatic carbocycles. The highest BCUT2D eigenvalue weighted by molar-refractivity contribution is 4.80. The van der Waals surface area contributed by atoms with Gasteiger partial charge in [0.1, 0.15) is 0 Å². The number of ether oxygens (including phenoxy) is 1. The van der Waals surface area contributed by atoms with Gasteiger partial charge in [0.05, 0.1) is 0 Å². The van der Waals surface area contributed by atoms with Crippen LogP contribution >= 0.6 is 0 Å². The van der Waals surface area contributed by atoms with Gasteiger partial charge in [-0.2, -0.15) is 0 Å². The maximum absolute atomic E-state index is 5.69. The van der Waals surface area contributed by atoms with Crippen molar-refractivity contribution in [2.75, 3.05) is 52.5 Å². The number of nitrogens with zero attached hydrogens (tertiary/aromatic N) is 2. The number of rotatable bonds is 16. The van der Waals surface area contributed by atoms with Gasteiger partial charge in [-0.15, -0.1) is 26.3 Å². The van der Waals surface area contributed by atoms with Crippen molar-refractivity contribution in [3.05, 3.63) is 50.6 Å². The lowest BCUT2D eigenvalue weighted by atomic mass is 10.3. The maximum Gasteiger partial charge on any atom is 0.0478 e. The van der Waals surface area contributed by atoms with Crippen molar-refractivity contribution < 1.29 is 4.74 Å². The molecule has 0 saturated heterocycles. The van der Waals surface area contributed by atoms with E-state index in [1.54, 1.807) is 0 Å². The molecule has 0 aliphatic heterocycles. The molecule has 0 heterocycles. The van der Waals surface area contributed by atoms with E-state index in [0.29, 0.717) is 0 Å². The third-order valence-corrected chi connectivity index (χ3v) is 3.08. The topological polar surface area (TPSA) is 15.7 Å². The van der Waals surface area contributed by atoms with E-state index in [-0.39, 0.29) is 0 Å². The first-order valence-electron chi connectivity index (χ1n) is 7.74. The van der Waals surface area contributed by atoms with Crippen LogP contribution in [0.25, 0.3) is 0 Å². The molecule has 0 aliphatic rings. The Bertz CT molecular complexity index is 241. The first kappa shape index (κ1) is 19.8. The maximum atomic E-state index is 5.69. The molecule has 0 bridgehead atoms. The fraction of sp³-hybridized carbons (Fsp3) is 0.556. The SMILES string of the molecule is C=CCN(CC=C)CCCOCCCN(CC=C)CC=C. The summed E-state index contributed by atoms with van der Waals surface area (Å²) in [5.74, 6) is 0. The van der Waals surface area contributed by atoms with Gasteiger partial charge in [0.25, 0.3) is 0 Å². The molecule has 21 heavy (non-hydrogen) atoms. The van der Waals surface area contributed by atoms with Crippen LogP contribution in [0.3, 0.4) is 0 Å². The van der Waals surface area contributed by atoms with Crippen molar-refractivity contribution >= 4 is 0 Å². The zero-order valence-corrected chi connectivity index (χ0v) is 13.5. The minimum Gasteiger partial charge on any atom is -0.381 e. The minimum atomic E-state index is 0.813. The number of hydrogen-bond donors (Lipinski definition) is 0. The molecule has 120 valence electrons. The van der Waals surface area contributed by atoms with E-state index in [2.05, 4.69) is 36.1 Å². The molecule has 0 unspecified atom stereocenters. The van der Waals surface area contributed by atoms with Crippen molar-refractivity contribution in [2.45, 2.75) is 12.8 Å². The van der Waals surface area contributed by atoms with Crippen LogP contribution in [-0.2, 0) is 4.74 Å². The molecule has 0 N–H and O–H groups in total. The number of hydrogen-bond acceptors (Lipinski definition) is 3. The largest absolute Gasteiger partial charge is 0.381 e. The Kier molecular flexibility index (Phi) is 14.4. The molecule has 0 spiro atoms. The highest BCUT2D eigenvalue weighted by Gasteiger charge is 2.01. The van der Waals surface area contributed by atoms with Crippen LogP contribution in [0.4, 0.5) is 0 Å². The van der Waals surface area contributed by atoms with Crippen molar-refractivity contribution in [3.63, 3.8) is 0 Å². The average Bonchev–Trinajstić information content (AvgIpc) is 2.47. The Hall–Kier alpha value is -1.16. The van der Waals surface area contributed by atoms with Crippen LogP contribution in [-0.4, -0.2) is 62.3 Å². The van der Waals surface area contributed by atoms with Crippen molar-refractivity contribution in [1.29, 1.82) is 0 Å². The zero-order chi connectivity index (χ0) is 15.8. The molecular weight excluding hydrogens is 260 g/mol. The van der Waals surface area contributed by atoms with Gasteiger partial charge in [-0.25, -0.2) is 0 Å². The van der Waals surface area contributed by atoms with Gasteiger partial charge in [-0.1, -0.05) is 24.3 Å². The van der Waals surface area contributed by atoms with E-state index in [4.69, 9.17) is 4.74 Å². The van der Waals surface area contributed by atoms with Crippen LogP contribution in [0.2, 0.25) is 0 Å². The van der Waals surface area contributed by atoms with E-state index in [9.17, 15) is 0 Å². The molecule has 0 aromatic heterocycles. The second kappa shape index (κ2) is 15.2. The molecule has 0 radical (unpaired) electrons. The second-order valence-electron chi connectivity index (χ2n) is 4.99. The summed E-state index contributed by atoms with van der Waals surface area (Å²) in [5, 5.41) is 0. The Labute approximate surface area is 131 Å². The molecule has 3 nitrogen and oxygen atoms in total. The van der Waals surface area contributed by atoms with Gasteiger partial charge in [-0.05, 0) is 12.8 Å². The third kappa shape index (κ3) is 12.3. The Balaban J connectivity index is 3.57. The van der Waals surface area contributed by atoms with Crippen LogP contribution in [0.15, 0.2) is 50.6 Å². The summed E-state index contributed by atoms with van der Waals surface area (Å²) in [6.07, 6.45) is 9.81. The molecule has 0 saturated carbocycles. The summed E-state index contributed by atoms with van der Waals surface area (Å²) in [5.41, 5.74) is 0. The average molecular weight is 292 g/mol. The Morgan fingerprint density at radius 3 is 1.24 bits per heavy atom. The van der Waals surface area contributed by atoms with Crippen LogP contribution in [0, 0.1) is 0 Å². The third-order valence-electron chi connectivity index (χ3n) is 3.08. The molecule has 0 fully saturated rings. The fourth-order valence-corrected chi connectivity index (χ4v) is 2.13. The molecule has 0 atom stereocenters. The normalized spacial score (nSPS) is 10.8. The van der Waals surface area contributed by atoms with Crippen LogP contribution < -0.4 is 0 Å². The van der Waals surface area contributed by atoms with E-state index in [1.807, 2.05) is 24.3 Å². The smallest absolute Gasteiger partial charge is 0.0478 e. The molecule has 0 rings (SSSR count). The first-order valence-corrected chi connectivity index (χ1v) is 7.74. The minimum absolute atomic E-state index is 0.813. The summed E-state index contributed by atoms with van der Waals surface area (Å²) in [4.78, 5) is 4.61. The highest BCUT2D eigenvalue weighted by atomic mass is 16.5. The van der Waals surface area contributed by atoms with E-state index in [1.165, 1.54) is 0 Å². The van der Waals surface area contributed by atoms with Gasteiger partial charge in [0, 0.05) is 52.5 Å². The van der Waals surface area contributed by atoms with Crippen LogP contribution in [0.5, 0.6) is 0 Å². The van der Waals surface area contributed by atoms with Crippen molar-refractivity contribution in [2.24, 2.45) is 0 Å². The molecule has 0 aliphatic carbocycles. The summed E-state index contributed by atoms with van der Waals surface area (Å²) < 4.78 is 5.69. The van der Waals surface area contributed by atoms with Crippen molar-refractivity contribution in [3.8, 4) is 0 Å². The molecule has 3 heteroatoms. The lowest BCUT2D eigenvalue weighted by Crippen LogP contribution is -2.27. The van der Waals surface area contributed by atoms with Crippen LogP contribution in [0.1, 0.15) is 12.8 Å². The lowest BCUT2D eigenvalue weighted by molar-refractivity contribution is 0.114. The summed E-state index contributed by atoms with van der Waals surface area (Å²) >= 11 is 0. The lowest BCUT2D eigenvalue weighted by Gasteiger charge is -2.19. The Morgan fingerprint density at radius 1 is 0.619 bits per heavy atom. The van der Waals surface area contributed by atoms with Gasteiger partial charge < -0.3 is 4.74 Å². The highest BCUT2D eigenvalue weighted by Crippen LogP contribution is 1.96. The van der Waals surface area contributed by atoms with Crippen molar-refractivity contribution in [1.82, 2.24) is 9.80 Å². The predicted octanol–water partition coefficient (Wildman–Crippen LogP) is 3.13. The zero-order valence-electron chi connectivity index (χ0n) is 13.5. The standard InChI is InChI=1S/C18H32N2O/c1-5-11-19(12-6-2)15-9-17-21-18-10-16-20(13-7-3)14-8-4/h5-8H,1-4,9-18H2. The predicted molar refractivity (Wildman–Crippen MR) is 93.7 cm³/mol. The summed E-state index contributed by atoms with van der Waals surface area (Å²) in [6, 6.07) is 0. The summed E-state index contributed by atoms with van der Waals surface area (Å²) in [7, 11) is 0. The van der Waals surface area contributed by atoms with E-state index in [0.717, 1.165) is 65.3 Å². The fourth-order valence-electron chi connectivity index (χ4n) is 2.13.